The summed E-state index contributed by atoms with van der Waals surface area (Å²) < 4.78 is 0. The van der Waals surface area contributed by atoms with Crippen LogP contribution in [0.15, 0.2) is 18.2 Å². The first kappa shape index (κ1) is 11.9. The molecule has 0 saturated heterocycles. The van der Waals surface area contributed by atoms with Crippen LogP contribution >= 0.6 is 0 Å². The summed E-state index contributed by atoms with van der Waals surface area (Å²) in [6, 6.07) is 6.90. The smallest absolute Gasteiger partial charge is 0.0386 e. The van der Waals surface area contributed by atoms with E-state index in [4.69, 9.17) is 5.73 Å². The second-order valence-corrected chi connectivity index (χ2v) is 4.12. The quantitative estimate of drug-likeness (QED) is 0.766. The van der Waals surface area contributed by atoms with E-state index in [0.29, 0.717) is 6.04 Å². The second kappa shape index (κ2) is 5.06. The van der Waals surface area contributed by atoms with Crippen molar-refractivity contribution in [2.24, 2.45) is 0 Å². The van der Waals surface area contributed by atoms with Gasteiger partial charge in [0.15, 0.2) is 0 Å². The fourth-order valence-electron chi connectivity index (χ4n) is 1.89. The van der Waals surface area contributed by atoms with E-state index < -0.39 is 0 Å². The molecule has 0 fully saturated rings. The van der Waals surface area contributed by atoms with Crippen LogP contribution in [0, 0.1) is 6.92 Å². The topological polar surface area (TPSA) is 29.3 Å². The van der Waals surface area contributed by atoms with Crippen LogP contribution in [0.5, 0.6) is 0 Å². The predicted molar refractivity (Wildman–Crippen MR) is 68.4 cm³/mol. The van der Waals surface area contributed by atoms with E-state index in [1.165, 1.54) is 18.5 Å². The van der Waals surface area contributed by atoms with Gasteiger partial charge in [-0.2, -0.15) is 0 Å². The van der Waals surface area contributed by atoms with Crippen LogP contribution in [-0.4, -0.2) is 13.1 Å². The number of nitrogens with zero attached hydrogens (tertiary/aromatic N) is 1. The van der Waals surface area contributed by atoms with Crippen LogP contribution in [0.3, 0.4) is 0 Å². The van der Waals surface area contributed by atoms with E-state index in [1.807, 2.05) is 6.92 Å². The number of rotatable bonds is 4. The molecule has 84 valence electrons. The largest absolute Gasteiger partial charge is 0.398 e. The normalized spacial score (nSPS) is 10.7. The van der Waals surface area contributed by atoms with Crippen LogP contribution in [-0.2, 0) is 0 Å². The fourth-order valence-corrected chi connectivity index (χ4v) is 1.89. The van der Waals surface area contributed by atoms with Gasteiger partial charge in [0.05, 0.1) is 0 Å². The van der Waals surface area contributed by atoms with Crippen molar-refractivity contribution in [2.75, 3.05) is 17.7 Å². The number of benzene rings is 1. The lowest BCUT2D eigenvalue weighted by atomic mass is 10.1. The van der Waals surface area contributed by atoms with Gasteiger partial charge in [-0.15, -0.1) is 0 Å². The minimum atomic E-state index is 0.604. The molecule has 0 atom stereocenters. The van der Waals surface area contributed by atoms with Crippen LogP contribution < -0.4 is 10.6 Å². The molecule has 0 bridgehead atoms. The molecule has 2 N–H and O–H groups in total. The fraction of sp³-hybridized carbons (Fsp3) is 0.538. The van der Waals surface area contributed by atoms with Crippen LogP contribution in [0.1, 0.15) is 32.3 Å². The van der Waals surface area contributed by atoms with Crippen molar-refractivity contribution in [1.82, 2.24) is 0 Å². The van der Waals surface area contributed by atoms with Gasteiger partial charge in [0.25, 0.3) is 0 Å². The Balaban J connectivity index is 2.90. The van der Waals surface area contributed by atoms with E-state index in [-0.39, 0.29) is 0 Å². The summed E-state index contributed by atoms with van der Waals surface area (Å²) in [5.41, 5.74) is 9.16. The summed E-state index contributed by atoms with van der Waals surface area (Å²) in [4.78, 5) is 2.32. The Labute approximate surface area is 93.1 Å². The molecule has 2 nitrogen and oxygen atoms in total. The average Bonchev–Trinajstić information content (AvgIpc) is 2.23. The molecule has 1 aromatic carbocycles. The SMILES string of the molecule is CCC(CC)N(C)c1ccc(C)c(N)c1. The average molecular weight is 206 g/mol. The highest BCUT2D eigenvalue weighted by Gasteiger charge is 2.11. The van der Waals surface area contributed by atoms with Crippen LogP contribution in [0.4, 0.5) is 11.4 Å². The maximum Gasteiger partial charge on any atom is 0.0386 e. The summed E-state index contributed by atoms with van der Waals surface area (Å²) in [6.45, 7) is 6.49. The minimum Gasteiger partial charge on any atom is -0.398 e. The maximum atomic E-state index is 5.91. The molecule has 0 aliphatic carbocycles. The van der Waals surface area contributed by atoms with Gasteiger partial charge in [0, 0.05) is 24.5 Å². The number of hydrogen-bond acceptors (Lipinski definition) is 2. The third-order valence-electron chi connectivity index (χ3n) is 3.16. The number of nitrogens with two attached hydrogens (primary N) is 1. The standard InChI is InChI=1S/C13H22N2/c1-5-11(6-2)15(4)12-8-7-10(3)13(14)9-12/h7-9,11H,5-6,14H2,1-4H3. The summed E-state index contributed by atoms with van der Waals surface area (Å²) in [5, 5.41) is 0. The van der Waals surface area contributed by atoms with Crippen molar-refractivity contribution >= 4 is 11.4 Å². The van der Waals surface area contributed by atoms with Gasteiger partial charge in [-0.25, -0.2) is 0 Å². The third-order valence-corrected chi connectivity index (χ3v) is 3.16. The molecule has 0 unspecified atom stereocenters. The Bertz CT molecular complexity index is 316. The lowest BCUT2D eigenvalue weighted by molar-refractivity contribution is 0.592. The first-order chi connectivity index (χ1) is 7.10. The van der Waals surface area contributed by atoms with Crippen LogP contribution in [0.25, 0.3) is 0 Å². The molecule has 0 spiro atoms. The molecule has 15 heavy (non-hydrogen) atoms. The third kappa shape index (κ3) is 2.65. The number of aryl methyl sites for hydroxylation is 1. The Hall–Kier alpha value is -1.18. The summed E-state index contributed by atoms with van der Waals surface area (Å²) in [5.74, 6) is 0. The highest BCUT2D eigenvalue weighted by Crippen LogP contribution is 2.23. The minimum absolute atomic E-state index is 0.604. The Morgan fingerprint density at radius 3 is 2.33 bits per heavy atom. The van der Waals surface area contributed by atoms with Gasteiger partial charge in [-0.1, -0.05) is 19.9 Å². The molecular weight excluding hydrogens is 184 g/mol. The van der Waals surface area contributed by atoms with Gasteiger partial charge in [0.2, 0.25) is 0 Å². The molecule has 0 radical (unpaired) electrons. The Kier molecular flexibility index (Phi) is 4.01. The first-order valence-corrected chi connectivity index (χ1v) is 5.69. The Morgan fingerprint density at radius 2 is 1.87 bits per heavy atom. The predicted octanol–water partition coefficient (Wildman–Crippen LogP) is 3.20. The first-order valence-electron chi connectivity index (χ1n) is 5.69. The number of anilines is 2. The Morgan fingerprint density at radius 1 is 1.27 bits per heavy atom. The van der Waals surface area contributed by atoms with Gasteiger partial charge >= 0.3 is 0 Å². The van der Waals surface area contributed by atoms with E-state index in [2.05, 4.69) is 44.0 Å². The van der Waals surface area contributed by atoms with Crippen molar-refractivity contribution in [1.29, 1.82) is 0 Å². The summed E-state index contributed by atoms with van der Waals surface area (Å²) in [6.07, 6.45) is 2.33. The molecule has 0 amide bonds. The molecule has 1 aromatic rings. The lowest BCUT2D eigenvalue weighted by Gasteiger charge is -2.28. The summed E-state index contributed by atoms with van der Waals surface area (Å²) in [7, 11) is 2.14. The molecule has 0 heterocycles. The van der Waals surface area contributed by atoms with Crippen molar-refractivity contribution < 1.29 is 0 Å². The maximum absolute atomic E-state index is 5.91. The van der Waals surface area contributed by atoms with Crippen molar-refractivity contribution in [3.8, 4) is 0 Å². The van der Waals surface area contributed by atoms with E-state index >= 15 is 0 Å². The molecule has 0 saturated carbocycles. The number of nitrogen functional groups attached to an aromatic ring is 1. The second-order valence-electron chi connectivity index (χ2n) is 4.12. The van der Waals surface area contributed by atoms with E-state index in [1.54, 1.807) is 0 Å². The molecule has 0 aromatic heterocycles. The highest BCUT2D eigenvalue weighted by atomic mass is 15.1. The monoisotopic (exact) mass is 206 g/mol. The van der Waals surface area contributed by atoms with Crippen molar-refractivity contribution in [3.05, 3.63) is 23.8 Å². The van der Waals surface area contributed by atoms with Crippen LogP contribution in [0.2, 0.25) is 0 Å². The molecule has 0 aliphatic heterocycles. The van der Waals surface area contributed by atoms with Gasteiger partial charge in [-0.3, -0.25) is 0 Å². The zero-order valence-corrected chi connectivity index (χ0v) is 10.2. The molecule has 2 heteroatoms. The van der Waals surface area contributed by atoms with Gasteiger partial charge < -0.3 is 10.6 Å². The highest BCUT2D eigenvalue weighted by molar-refractivity contribution is 5.59. The van der Waals surface area contributed by atoms with Gasteiger partial charge in [-0.05, 0) is 37.5 Å². The molecule has 1 rings (SSSR count). The lowest BCUT2D eigenvalue weighted by Crippen LogP contribution is -2.30. The molecule has 0 aliphatic rings. The van der Waals surface area contributed by atoms with E-state index in [0.717, 1.165) is 11.3 Å². The summed E-state index contributed by atoms with van der Waals surface area (Å²) >= 11 is 0. The van der Waals surface area contributed by atoms with Crippen molar-refractivity contribution in [2.45, 2.75) is 39.7 Å². The number of hydrogen-bond donors (Lipinski definition) is 1. The van der Waals surface area contributed by atoms with Gasteiger partial charge in [0.1, 0.15) is 0 Å². The zero-order valence-electron chi connectivity index (χ0n) is 10.2. The zero-order chi connectivity index (χ0) is 11.4. The van der Waals surface area contributed by atoms with E-state index in [9.17, 15) is 0 Å². The van der Waals surface area contributed by atoms with Crippen molar-refractivity contribution in [3.63, 3.8) is 0 Å². The molecular formula is C13H22N2.